The van der Waals surface area contributed by atoms with Crippen LogP contribution in [0.3, 0.4) is 0 Å². The molecule has 1 aliphatic rings. The quantitative estimate of drug-likeness (QED) is 0.766. The van der Waals surface area contributed by atoms with E-state index in [1.54, 1.807) is 0 Å². The number of ether oxygens (including phenoxy) is 1. The third-order valence-electron chi connectivity index (χ3n) is 2.86. The van der Waals surface area contributed by atoms with Gasteiger partial charge < -0.3 is 10.1 Å². The van der Waals surface area contributed by atoms with Gasteiger partial charge in [-0.25, -0.2) is 4.79 Å². The number of carbonyl (C=O) groups excluding carboxylic acids is 1. The van der Waals surface area contributed by atoms with Crippen LogP contribution in [-0.2, 0) is 11.3 Å². The van der Waals surface area contributed by atoms with Crippen LogP contribution in [0.1, 0.15) is 34.3 Å². The summed E-state index contributed by atoms with van der Waals surface area (Å²) in [7, 11) is 1.41. The lowest BCUT2D eigenvalue weighted by atomic mass is 9.91. The molecule has 1 heterocycles. The molecule has 4 heteroatoms. The van der Waals surface area contributed by atoms with E-state index in [4.69, 9.17) is 4.74 Å². The van der Waals surface area contributed by atoms with Crippen molar-refractivity contribution in [2.75, 3.05) is 13.7 Å². The molecule has 1 N–H and O–H groups in total. The Morgan fingerprint density at radius 1 is 1.50 bits per heavy atom. The van der Waals surface area contributed by atoms with Crippen molar-refractivity contribution in [3.63, 3.8) is 0 Å². The lowest BCUT2D eigenvalue weighted by Gasteiger charge is -2.23. The van der Waals surface area contributed by atoms with Gasteiger partial charge in [0.05, 0.1) is 12.7 Å². The molecule has 0 spiro atoms. The Bertz CT molecular complexity index is 393. The van der Waals surface area contributed by atoms with Crippen molar-refractivity contribution < 1.29 is 9.53 Å². The molecule has 16 heavy (non-hydrogen) atoms. The Kier molecular flexibility index (Phi) is 4.33. The van der Waals surface area contributed by atoms with E-state index >= 15 is 0 Å². The van der Waals surface area contributed by atoms with Crippen LogP contribution in [0.4, 0.5) is 0 Å². The van der Waals surface area contributed by atoms with Gasteiger partial charge in [0.2, 0.25) is 0 Å². The van der Waals surface area contributed by atoms with E-state index < -0.39 is 0 Å². The number of nitrogens with one attached hydrogen (secondary N) is 1. The average molecular weight is 242 g/mol. The molecule has 0 amide bonds. The average Bonchev–Trinajstić information content (AvgIpc) is 2.28. The maximum atomic E-state index is 11.3. The highest BCUT2D eigenvalue weighted by atomic mass is 35.5. The van der Waals surface area contributed by atoms with Gasteiger partial charge in [-0.15, -0.1) is 12.4 Å². The van der Waals surface area contributed by atoms with E-state index in [1.807, 2.05) is 18.2 Å². The van der Waals surface area contributed by atoms with Crippen LogP contribution >= 0.6 is 12.4 Å². The molecule has 0 unspecified atom stereocenters. The van der Waals surface area contributed by atoms with Gasteiger partial charge >= 0.3 is 5.97 Å². The Labute approximate surface area is 102 Å². The van der Waals surface area contributed by atoms with Gasteiger partial charge in [-0.05, 0) is 29.2 Å². The number of halogens is 1. The molecule has 0 bridgehead atoms. The summed E-state index contributed by atoms with van der Waals surface area (Å²) in [4.78, 5) is 11.3. The predicted octanol–water partition coefficient (Wildman–Crippen LogP) is 2.10. The summed E-state index contributed by atoms with van der Waals surface area (Å²) in [5.41, 5.74) is 3.17. The third-order valence-corrected chi connectivity index (χ3v) is 2.86. The van der Waals surface area contributed by atoms with Gasteiger partial charge in [0.1, 0.15) is 0 Å². The summed E-state index contributed by atoms with van der Waals surface area (Å²) in [6.45, 7) is 4.03. The SMILES string of the molecule is COC(=O)c1ccc2c(c1)CNC[C@H]2C.Cl. The fourth-order valence-electron chi connectivity index (χ4n) is 2.02. The minimum Gasteiger partial charge on any atom is -0.465 e. The van der Waals surface area contributed by atoms with Crippen LogP contribution in [0, 0.1) is 0 Å². The highest BCUT2D eigenvalue weighted by Gasteiger charge is 2.17. The standard InChI is InChI=1S/C12H15NO2.ClH/c1-8-6-13-7-10-5-9(12(14)15-2)3-4-11(8)10;/h3-5,8,13H,6-7H2,1-2H3;1H/t8-;/m1./s1. The number of esters is 1. The second kappa shape index (κ2) is 5.32. The second-order valence-corrected chi connectivity index (χ2v) is 3.94. The molecule has 0 saturated heterocycles. The van der Waals surface area contributed by atoms with E-state index in [1.165, 1.54) is 18.2 Å². The lowest BCUT2D eigenvalue weighted by Crippen LogP contribution is -2.26. The number of carbonyl (C=O) groups is 1. The van der Waals surface area contributed by atoms with E-state index in [0.717, 1.165) is 13.1 Å². The molecule has 88 valence electrons. The van der Waals surface area contributed by atoms with Gasteiger partial charge in [0.15, 0.2) is 0 Å². The zero-order valence-electron chi connectivity index (χ0n) is 9.45. The van der Waals surface area contributed by atoms with Crippen molar-refractivity contribution >= 4 is 18.4 Å². The molecule has 3 nitrogen and oxygen atoms in total. The zero-order valence-corrected chi connectivity index (χ0v) is 10.3. The monoisotopic (exact) mass is 241 g/mol. The Hall–Kier alpha value is -1.06. The number of hydrogen-bond acceptors (Lipinski definition) is 3. The second-order valence-electron chi connectivity index (χ2n) is 3.94. The van der Waals surface area contributed by atoms with Crippen molar-refractivity contribution in [2.24, 2.45) is 0 Å². The maximum absolute atomic E-state index is 11.3. The highest BCUT2D eigenvalue weighted by Crippen LogP contribution is 2.24. The lowest BCUT2D eigenvalue weighted by molar-refractivity contribution is 0.0600. The molecule has 0 fully saturated rings. The number of benzene rings is 1. The first-order chi connectivity index (χ1) is 7.22. The maximum Gasteiger partial charge on any atom is 0.337 e. The van der Waals surface area contributed by atoms with Crippen molar-refractivity contribution in [3.8, 4) is 0 Å². The molecule has 2 rings (SSSR count). The van der Waals surface area contributed by atoms with E-state index in [2.05, 4.69) is 12.2 Å². The molecule has 0 aliphatic carbocycles. The Balaban J connectivity index is 0.00000128. The molecule has 1 aliphatic heterocycles. The number of hydrogen-bond donors (Lipinski definition) is 1. The smallest absolute Gasteiger partial charge is 0.337 e. The number of fused-ring (bicyclic) bond motifs is 1. The highest BCUT2D eigenvalue weighted by molar-refractivity contribution is 5.89. The summed E-state index contributed by atoms with van der Waals surface area (Å²) >= 11 is 0. The molecular formula is C12H16ClNO2. The van der Waals surface area contributed by atoms with Gasteiger partial charge in [-0.1, -0.05) is 13.0 Å². The molecule has 0 radical (unpaired) electrons. The van der Waals surface area contributed by atoms with Crippen LogP contribution in [0.25, 0.3) is 0 Å². The topological polar surface area (TPSA) is 38.3 Å². The summed E-state index contributed by atoms with van der Waals surface area (Å²) in [6.07, 6.45) is 0. The molecule has 0 saturated carbocycles. The molecular weight excluding hydrogens is 226 g/mol. The zero-order chi connectivity index (χ0) is 10.8. The van der Waals surface area contributed by atoms with Crippen LogP contribution in [-0.4, -0.2) is 19.6 Å². The molecule has 1 aromatic rings. The van der Waals surface area contributed by atoms with Crippen LogP contribution in [0.15, 0.2) is 18.2 Å². The fourth-order valence-corrected chi connectivity index (χ4v) is 2.02. The van der Waals surface area contributed by atoms with E-state index in [0.29, 0.717) is 11.5 Å². The third kappa shape index (κ3) is 2.36. The summed E-state index contributed by atoms with van der Waals surface area (Å²) < 4.78 is 4.69. The van der Waals surface area contributed by atoms with Crippen LogP contribution in [0.2, 0.25) is 0 Å². The van der Waals surface area contributed by atoms with Crippen molar-refractivity contribution in [2.45, 2.75) is 19.4 Å². The number of methoxy groups -OCH3 is 1. The van der Waals surface area contributed by atoms with E-state index in [-0.39, 0.29) is 18.4 Å². The van der Waals surface area contributed by atoms with Crippen molar-refractivity contribution in [1.82, 2.24) is 5.32 Å². The Morgan fingerprint density at radius 3 is 2.94 bits per heavy atom. The van der Waals surface area contributed by atoms with Gasteiger partial charge in [-0.2, -0.15) is 0 Å². The number of rotatable bonds is 1. The first-order valence-corrected chi connectivity index (χ1v) is 5.14. The molecule has 1 aromatic carbocycles. The fraction of sp³-hybridized carbons (Fsp3) is 0.417. The van der Waals surface area contributed by atoms with Gasteiger partial charge in [0.25, 0.3) is 0 Å². The van der Waals surface area contributed by atoms with Crippen molar-refractivity contribution in [3.05, 3.63) is 34.9 Å². The Morgan fingerprint density at radius 2 is 2.25 bits per heavy atom. The van der Waals surface area contributed by atoms with Crippen LogP contribution in [0.5, 0.6) is 0 Å². The normalized spacial score (nSPS) is 18.2. The van der Waals surface area contributed by atoms with Crippen molar-refractivity contribution in [1.29, 1.82) is 0 Å². The summed E-state index contributed by atoms with van der Waals surface area (Å²) in [6, 6.07) is 5.80. The molecule has 0 aromatic heterocycles. The van der Waals surface area contributed by atoms with Gasteiger partial charge in [0, 0.05) is 13.1 Å². The van der Waals surface area contributed by atoms with Crippen LogP contribution < -0.4 is 5.32 Å². The van der Waals surface area contributed by atoms with Gasteiger partial charge in [-0.3, -0.25) is 0 Å². The summed E-state index contributed by atoms with van der Waals surface area (Å²) in [5.74, 6) is 0.247. The first-order valence-electron chi connectivity index (χ1n) is 5.14. The minimum atomic E-state index is -0.268. The molecule has 1 atom stereocenters. The largest absolute Gasteiger partial charge is 0.465 e. The minimum absolute atomic E-state index is 0. The first kappa shape index (κ1) is 13.0. The predicted molar refractivity (Wildman–Crippen MR) is 65.2 cm³/mol. The summed E-state index contributed by atoms with van der Waals surface area (Å²) in [5, 5.41) is 3.32. The van der Waals surface area contributed by atoms with E-state index in [9.17, 15) is 4.79 Å².